The van der Waals surface area contributed by atoms with Crippen molar-refractivity contribution in [1.29, 1.82) is 0 Å². The number of nitrogens with zero attached hydrogens (tertiary/aromatic N) is 1. The summed E-state index contributed by atoms with van der Waals surface area (Å²) in [5, 5.41) is 7.21. The van der Waals surface area contributed by atoms with Crippen LogP contribution in [0.2, 0.25) is 5.02 Å². The van der Waals surface area contributed by atoms with Crippen molar-refractivity contribution in [2.24, 2.45) is 0 Å². The third-order valence-corrected chi connectivity index (χ3v) is 4.47. The molecule has 5 heteroatoms. The molecule has 0 amide bonds. The van der Waals surface area contributed by atoms with Crippen LogP contribution in [0.3, 0.4) is 0 Å². The summed E-state index contributed by atoms with van der Waals surface area (Å²) >= 11 is 7.86. The van der Waals surface area contributed by atoms with Crippen LogP contribution in [0.25, 0.3) is 0 Å². The first-order chi connectivity index (χ1) is 9.40. The third kappa shape index (κ3) is 3.64. The second-order valence-corrected chi connectivity index (χ2v) is 6.86. The molecule has 1 aromatic carbocycles. The van der Waals surface area contributed by atoms with E-state index in [1.165, 1.54) is 0 Å². The van der Waals surface area contributed by atoms with E-state index in [-0.39, 0.29) is 5.41 Å². The number of halogens is 1. The first kappa shape index (κ1) is 15.1. The van der Waals surface area contributed by atoms with Crippen molar-refractivity contribution in [2.45, 2.75) is 32.7 Å². The van der Waals surface area contributed by atoms with Crippen molar-refractivity contribution in [3.05, 3.63) is 39.3 Å². The van der Waals surface area contributed by atoms with Crippen molar-refractivity contribution in [3.63, 3.8) is 0 Å². The molecule has 0 atom stereocenters. The fraction of sp³-hybridized carbons (Fsp3) is 0.400. The lowest BCUT2D eigenvalue weighted by Gasteiger charge is -2.13. The van der Waals surface area contributed by atoms with Crippen LogP contribution >= 0.6 is 22.9 Å². The molecule has 2 rings (SSSR count). The maximum atomic E-state index is 6.16. The average molecular weight is 311 g/mol. The van der Waals surface area contributed by atoms with Gasteiger partial charge in [0.2, 0.25) is 0 Å². The summed E-state index contributed by atoms with van der Waals surface area (Å²) in [5.74, 6) is 0.783. The Morgan fingerprint density at radius 2 is 2.10 bits per heavy atom. The molecule has 0 aliphatic carbocycles. The molecule has 0 spiro atoms. The van der Waals surface area contributed by atoms with Crippen LogP contribution in [0.15, 0.2) is 23.6 Å². The largest absolute Gasteiger partial charge is 0.497 e. The van der Waals surface area contributed by atoms with Gasteiger partial charge in [-0.25, -0.2) is 4.98 Å². The quantitative estimate of drug-likeness (QED) is 0.887. The molecule has 0 unspecified atom stereocenters. The number of aromatic nitrogens is 1. The molecular formula is C15H19ClN2OS. The molecule has 0 fully saturated rings. The molecule has 1 N–H and O–H groups in total. The van der Waals surface area contributed by atoms with E-state index in [0.717, 1.165) is 22.1 Å². The Morgan fingerprint density at radius 3 is 2.70 bits per heavy atom. The maximum absolute atomic E-state index is 6.16. The number of rotatable bonds is 4. The molecule has 0 aliphatic rings. The van der Waals surface area contributed by atoms with Crippen LogP contribution in [-0.2, 0) is 12.0 Å². The van der Waals surface area contributed by atoms with Gasteiger partial charge in [-0.3, -0.25) is 0 Å². The smallest absolute Gasteiger partial charge is 0.121 e. The van der Waals surface area contributed by atoms with Gasteiger partial charge in [-0.05, 0) is 12.1 Å². The minimum absolute atomic E-state index is 0.0938. The van der Waals surface area contributed by atoms with Gasteiger partial charge in [0.25, 0.3) is 0 Å². The minimum atomic E-state index is 0.0938. The van der Waals surface area contributed by atoms with Crippen molar-refractivity contribution >= 4 is 28.6 Å². The van der Waals surface area contributed by atoms with Gasteiger partial charge in [-0.2, -0.15) is 0 Å². The molecule has 108 valence electrons. The van der Waals surface area contributed by atoms with Crippen LogP contribution in [0.1, 0.15) is 31.5 Å². The SMILES string of the molecule is COc1ccc(Cl)c(NCc2csc(C(C)(C)C)n2)c1. The monoisotopic (exact) mass is 310 g/mol. The minimum Gasteiger partial charge on any atom is -0.497 e. The van der Waals surface area contributed by atoms with E-state index in [2.05, 4.69) is 36.5 Å². The Labute approximate surface area is 129 Å². The standard InChI is InChI=1S/C15H19ClN2OS/c1-15(2,3)14-18-10(9-20-14)8-17-13-7-11(19-4)5-6-12(13)16/h5-7,9,17H,8H2,1-4H3. The lowest BCUT2D eigenvalue weighted by Crippen LogP contribution is -2.11. The lowest BCUT2D eigenvalue weighted by molar-refractivity contribution is 0.415. The zero-order valence-electron chi connectivity index (χ0n) is 12.2. The molecular weight excluding hydrogens is 292 g/mol. The zero-order valence-corrected chi connectivity index (χ0v) is 13.7. The summed E-state index contributed by atoms with van der Waals surface area (Å²) < 4.78 is 5.20. The Kier molecular flexibility index (Phi) is 4.55. The number of methoxy groups -OCH3 is 1. The number of hydrogen-bond acceptors (Lipinski definition) is 4. The highest BCUT2D eigenvalue weighted by atomic mass is 35.5. The first-order valence-electron chi connectivity index (χ1n) is 6.42. The summed E-state index contributed by atoms with van der Waals surface area (Å²) in [6, 6.07) is 5.55. The van der Waals surface area contributed by atoms with E-state index in [0.29, 0.717) is 11.6 Å². The van der Waals surface area contributed by atoms with Gasteiger partial charge < -0.3 is 10.1 Å². The number of benzene rings is 1. The van der Waals surface area contributed by atoms with E-state index < -0.39 is 0 Å². The van der Waals surface area contributed by atoms with Crippen molar-refractivity contribution in [2.75, 3.05) is 12.4 Å². The Hall–Kier alpha value is -1.26. The van der Waals surface area contributed by atoms with E-state index in [9.17, 15) is 0 Å². The van der Waals surface area contributed by atoms with Crippen molar-refractivity contribution in [3.8, 4) is 5.75 Å². The van der Waals surface area contributed by atoms with Crippen LogP contribution in [0, 0.1) is 0 Å². The molecule has 0 aliphatic heterocycles. The summed E-state index contributed by atoms with van der Waals surface area (Å²) in [7, 11) is 1.64. The summed E-state index contributed by atoms with van der Waals surface area (Å²) in [5.41, 5.74) is 1.98. The number of hydrogen-bond donors (Lipinski definition) is 1. The van der Waals surface area contributed by atoms with Gasteiger partial charge in [0, 0.05) is 16.9 Å². The topological polar surface area (TPSA) is 34.1 Å². The van der Waals surface area contributed by atoms with Gasteiger partial charge in [-0.15, -0.1) is 11.3 Å². The Bertz CT molecular complexity index is 590. The maximum Gasteiger partial charge on any atom is 0.121 e. The van der Waals surface area contributed by atoms with Crippen LogP contribution in [0.5, 0.6) is 5.75 Å². The summed E-state index contributed by atoms with van der Waals surface area (Å²) in [6.45, 7) is 7.16. The molecule has 0 saturated carbocycles. The number of anilines is 1. The highest BCUT2D eigenvalue weighted by molar-refractivity contribution is 7.09. The molecule has 0 radical (unpaired) electrons. The third-order valence-electron chi connectivity index (χ3n) is 2.83. The predicted octanol–water partition coefficient (Wildman–Crippen LogP) is 4.71. The summed E-state index contributed by atoms with van der Waals surface area (Å²) in [4.78, 5) is 4.65. The van der Waals surface area contributed by atoms with Gasteiger partial charge in [0.15, 0.2) is 0 Å². The molecule has 0 bridgehead atoms. The Morgan fingerprint density at radius 1 is 1.35 bits per heavy atom. The highest BCUT2D eigenvalue weighted by Gasteiger charge is 2.17. The normalized spacial score (nSPS) is 11.4. The van der Waals surface area contributed by atoms with Gasteiger partial charge in [0.1, 0.15) is 5.75 Å². The average Bonchev–Trinajstić information content (AvgIpc) is 2.86. The van der Waals surface area contributed by atoms with E-state index in [1.807, 2.05) is 18.2 Å². The van der Waals surface area contributed by atoms with E-state index in [1.54, 1.807) is 18.4 Å². The molecule has 1 aromatic heterocycles. The van der Waals surface area contributed by atoms with Crippen molar-refractivity contribution in [1.82, 2.24) is 4.98 Å². The second-order valence-electron chi connectivity index (χ2n) is 5.59. The molecule has 2 aromatic rings. The fourth-order valence-corrected chi connectivity index (χ4v) is 2.78. The van der Waals surface area contributed by atoms with Crippen LogP contribution in [-0.4, -0.2) is 12.1 Å². The van der Waals surface area contributed by atoms with E-state index in [4.69, 9.17) is 16.3 Å². The fourth-order valence-electron chi connectivity index (χ4n) is 1.69. The summed E-state index contributed by atoms with van der Waals surface area (Å²) in [6.07, 6.45) is 0. The lowest BCUT2D eigenvalue weighted by atomic mass is 9.98. The molecule has 3 nitrogen and oxygen atoms in total. The van der Waals surface area contributed by atoms with Gasteiger partial charge in [0.05, 0.1) is 35.1 Å². The predicted molar refractivity (Wildman–Crippen MR) is 86.1 cm³/mol. The number of thiazole rings is 1. The number of ether oxygens (including phenoxy) is 1. The van der Waals surface area contributed by atoms with Gasteiger partial charge in [-0.1, -0.05) is 32.4 Å². The first-order valence-corrected chi connectivity index (χ1v) is 7.68. The van der Waals surface area contributed by atoms with Crippen LogP contribution < -0.4 is 10.1 Å². The molecule has 20 heavy (non-hydrogen) atoms. The molecule has 1 heterocycles. The van der Waals surface area contributed by atoms with Crippen LogP contribution in [0.4, 0.5) is 5.69 Å². The zero-order chi connectivity index (χ0) is 14.8. The van der Waals surface area contributed by atoms with Crippen molar-refractivity contribution < 1.29 is 4.74 Å². The second kappa shape index (κ2) is 6.02. The van der Waals surface area contributed by atoms with E-state index >= 15 is 0 Å². The Balaban J connectivity index is 2.07. The molecule has 0 saturated heterocycles. The highest BCUT2D eigenvalue weighted by Crippen LogP contribution is 2.28. The number of nitrogens with one attached hydrogen (secondary N) is 1. The van der Waals surface area contributed by atoms with Gasteiger partial charge >= 0.3 is 0 Å².